The lowest BCUT2D eigenvalue weighted by Crippen LogP contribution is -2.54. The van der Waals surface area contributed by atoms with Crippen molar-refractivity contribution in [2.24, 2.45) is 0 Å². The average Bonchev–Trinajstić information content (AvgIpc) is 2.94. The van der Waals surface area contributed by atoms with Crippen LogP contribution in [0.15, 0.2) is 89.8 Å². The molecule has 0 aliphatic carbocycles. The van der Waals surface area contributed by atoms with Crippen molar-refractivity contribution in [2.75, 3.05) is 24.0 Å². The number of ether oxygens (including phenoxy) is 1. The zero-order valence-corrected chi connectivity index (χ0v) is 24.4. The van der Waals surface area contributed by atoms with Crippen molar-refractivity contribution in [3.63, 3.8) is 0 Å². The standard InChI is InChI=1S/C31H39N3O5S/c1-5-29(31(36)32-24(3)4)33(22-21-25-13-9-7-10-14-25)30(35)23-34(26-15-11-8-12-16-26)40(37,38)28-19-17-27(18-20-28)39-6-2/h7-20,24,29H,5-6,21-23H2,1-4H3,(H,32,36)/t29-/m1/s1. The fraction of sp³-hybridized carbons (Fsp3) is 0.355. The molecular weight excluding hydrogens is 526 g/mol. The van der Waals surface area contributed by atoms with Crippen LogP contribution in [0.5, 0.6) is 5.75 Å². The fourth-order valence-corrected chi connectivity index (χ4v) is 5.82. The quantitative estimate of drug-likeness (QED) is 0.307. The second-order valence-corrected chi connectivity index (χ2v) is 11.5. The summed E-state index contributed by atoms with van der Waals surface area (Å²) in [5, 5.41) is 2.91. The van der Waals surface area contributed by atoms with Crippen molar-refractivity contribution in [1.82, 2.24) is 10.2 Å². The number of amides is 2. The molecule has 40 heavy (non-hydrogen) atoms. The summed E-state index contributed by atoms with van der Waals surface area (Å²) in [7, 11) is -4.12. The minimum Gasteiger partial charge on any atom is -0.494 e. The maximum absolute atomic E-state index is 14.0. The number of nitrogens with zero attached hydrogens (tertiary/aromatic N) is 2. The molecule has 0 bridgehead atoms. The van der Waals surface area contributed by atoms with Crippen molar-refractivity contribution in [3.05, 3.63) is 90.5 Å². The smallest absolute Gasteiger partial charge is 0.264 e. The number of anilines is 1. The predicted molar refractivity (Wildman–Crippen MR) is 158 cm³/mol. The normalized spacial score (nSPS) is 12.0. The zero-order valence-electron chi connectivity index (χ0n) is 23.6. The van der Waals surface area contributed by atoms with Crippen molar-refractivity contribution in [3.8, 4) is 5.75 Å². The summed E-state index contributed by atoms with van der Waals surface area (Å²) < 4.78 is 34.4. The Hall–Kier alpha value is -3.85. The van der Waals surface area contributed by atoms with E-state index in [1.54, 1.807) is 42.5 Å². The first-order valence-corrected chi connectivity index (χ1v) is 15.1. The SMILES string of the molecule is CCOc1ccc(S(=O)(=O)N(CC(=O)N(CCc2ccccc2)[C@H](CC)C(=O)NC(C)C)c2ccccc2)cc1. The Kier molecular flexibility index (Phi) is 11.1. The van der Waals surface area contributed by atoms with Gasteiger partial charge in [0.2, 0.25) is 11.8 Å². The molecule has 0 saturated carbocycles. The van der Waals surface area contributed by atoms with Crippen molar-refractivity contribution < 1.29 is 22.7 Å². The Morgan fingerprint density at radius 2 is 1.48 bits per heavy atom. The molecule has 3 aromatic rings. The van der Waals surface area contributed by atoms with E-state index in [4.69, 9.17) is 4.74 Å². The highest BCUT2D eigenvalue weighted by molar-refractivity contribution is 7.92. The summed E-state index contributed by atoms with van der Waals surface area (Å²) in [4.78, 5) is 28.7. The van der Waals surface area contributed by atoms with Gasteiger partial charge in [-0.1, -0.05) is 55.5 Å². The van der Waals surface area contributed by atoms with Crippen LogP contribution < -0.4 is 14.4 Å². The van der Waals surface area contributed by atoms with Gasteiger partial charge in [0.05, 0.1) is 17.2 Å². The number of rotatable bonds is 14. The van der Waals surface area contributed by atoms with Gasteiger partial charge in [-0.3, -0.25) is 13.9 Å². The van der Waals surface area contributed by atoms with E-state index in [0.29, 0.717) is 30.9 Å². The summed E-state index contributed by atoms with van der Waals surface area (Å²) >= 11 is 0. The molecule has 2 amide bonds. The molecule has 1 atom stereocenters. The molecule has 3 aromatic carbocycles. The van der Waals surface area contributed by atoms with E-state index in [0.717, 1.165) is 9.87 Å². The largest absolute Gasteiger partial charge is 0.494 e. The molecular formula is C31H39N3O5S. The molecule has 0 radical (unpaired) electrons. The Bertz CT molecular complexity index is 1330. The molecule has 9 heteroatoms. The first kappa shape index (κ1) is 30.7. The predicted octanol–water partition coefficient (Wildman–Crippen LogP) is 4.66. The number of hydrogen-bond acceptors (Lipinski definition) is 5. The summed E-state index contributed by atoms with van der Waals surface area (Å²) in [5.74, 6) is -0.169. The highest BCUT2D eigenvalue weighted by atomic mass is 32.2. The van der Waals surface area contributed by atoms with Gasteiger partial charge in [0.25, 0.3) is 10.0 Å². The van der Waals surface area contributed by atoms with Crippen LogP contribution in [0.3, 0.4) is 0 Å². The van der Waals surface area contributed by atoms with Crippen LogP contribution in [0.1, 0.15) is 39.7 Å². The second-order valence-electron chi connectivity index (χ2n) is 9.66. The molecule has 214 valence electrons. The van der Waals surface area contributed by atoms with E-state index in [1.807, 2.05) is 58.0 Å². The Balaban J connectivity index is 1.97. The average molecular weight is 566 g/mol. The number of benzene rings is 3. The van der Waals surface area contributed by atoms with Crippen molar-refractivity contribution in [2.45, 2.75) is 57.5 Å². The van der Waals surface area contributed by atoms with Crippen molar-refractivity contribution >= 4 is 27.5 Å². The zero-order chi connectivity index (χ0) is 29.1. The van der Waals surface area contributed by atoms with Crippen molar-refractivity contribution in [1.29, 1.82) is 0 Å². The molecule has 0 spiro atoms. The molecule has 0 saturated heterocycles. The van der Waals surface area contributed by atoms with Gasteiger partial charge in [-0.15, -0.1) is 0 Å². The van der Waals surface area contributed by atoms with E-state index in [2.05, 4.69) is 5.32 Å². The number of hydrogen-bond donors (Lipinski definition) is 1. The molecule has 0 aliphatic rings. The number of sulfonamides is 1. The fourth-order valence-electron chi connectivity index (χ4n) is 4.40. The van der Waals surface area contributed by atoms with Gasteiger partial charge in [0.1, 0.15) is 18.3 Å². The molecule has 0 fully saturated rings. The van der Waals surface area contributed by atoms with Gasteiger partial charge in [-0.25, -0.2) is 8.42 Å². The van der Waals surface area contributed by atoms with E-state index in [-0.39, 0.29) is 23.4 Å². The van der Waals surface area contributed by atoms with Crippen LogP contribution in [0.4, 0.5) is 5.69 Å². The molecule has 1 N–H and O–H groups in total. The Morgan fingerprint density at radius 3 is 2.02 bits per heavy atom. The third-order valence-electron chi connectivity index (χ3n) is 6.35. The lowest BCUT2D eigenvalue weighted by Gasteiger charge is -2.33. The first-order chi connectivity index (χ1) is 19.2. The summed E-state index contributed by atoms with van der Waals surface area (Å²) in [6, 6.07) is 23.5. The molecule has 8 nitrogen and oxygen atoms in total. The number of para-hydroxylation sites is 1. The van der Waals surface area contributed by atoms with Crippen LogP contribution in [0.25, 0.3) is 0 Å². The van der Waals surface area contributed by atoms with Gasteiger partial charge in [0, 0.05) is 12.6 Å². The minimum atomic E-state index is -4.12. The van der Waals surface area contributed by atoms with Crippen LogP contribution in [0.2, 0.25) is 0 Å². The van der Waals surface area contributed by atoms with Crippen LogP contribution in [0, 0.1) is 0 Å². The molecule has 3 rings (SSSR count). The van der Waals surface area contributed by atoms with Crippen LogP contribution in [-0.4, -0.2) is 56.9 Å². The van der Waals surface area contributed by atoms with Gasteiger partial charge in [-0.05, 0) is 75.6 Å². The molecule has 0 aromatic heterocycles. The highest BCUT2D eigenvalue weighted by Crippen LogP contribution is 2.26. The Labute approximate surface area is 238 Å². The lowest BCUT2D eigenvalue weighted by molar-refractivity contribution is -0.139. The van der Waals surface area contributed by atoms with Gasteiger partial charge >= 0.3 is 0 Å². The van der Waals surface area contributed by atoms with Gasteiger partial charge in [0.15, 0.2) is 0 Å². The van der Waals surface area contributed by atoms with E-state index < -0.39 is 28.5 Å². The second kappa shape index (κ2) is 14.5. The number of carbonyl (C=O) groups is 2. The highest BCUT2D eigenvalue weighted by Gasteiger charge is 2.33. The minimum absolute atomic E-state index is 0.0352. The number of carbonyl (C=O) groups excluding carboxylic acids is 2. The summed E-state index contributed by atoms with van der Waals surface area (Å²) in [6.07, 6.45) is 0.908. The molecule has 0 aliphatic heterocycles. The maximum atomic E-state index is 14.0. The van der Waals surface area contributed by atoms with E-state index in [1.165, 1.54) is 17.0 Å². The van der Waals surface area contributed by atoms with Crippen LogP contribution >= 0.6 is 0 Å². The third kappa shape index (κ3) is 8.08. The topological polar surface area (TPSA) is 96.0 Å². The van der Waals surface area contributed by atoms with E-state index in [9.17, 15) is 18.0 Å². The molecule has 0 heterocycles. The van der Waals surface area contributed by atoms with Gasteiger partial charge < -0.3 is 15.0 Å². The monoisotopic (exact) mass is 565 g/mol. The van der Waals surface area contributed by atoms with Crippen LogP contribution in [-0.2, 0) is 26.0 Å². The van der Waals surface area contributed by atoms with Gasteiger partial charge in [-0.2, -0.15) is 0 Å². The lowest BCUT2D eigenvalue weighted by atomic mass is 10.1. The third-order valence-corrected chi connectivity index (χ3v) is 8.13. The first-order valence-electron chi connectivity index (χ1n) is 13.6. The number of nitrogens with one attached hydrogen (secondary N) is 1. The Morgan fingerprint density at radius 1 is 0.875 bits per heavy atom. The summed E-state index contributed by atoms with van der Waals surface area (Å²) in [6.45, 7) is 7.68. The summed E-state index contributed by atoms with van der Waals surface area (Å²) in [5.41, 5.74) is 1.37. The van der Waals surface area contributed by atoms with E-state index >= 15 is 0 Å². The maximum Gasteiger partial charge on any atom is 0.264 e. The molecule has 0 unspecified atom stereocenters.